The second-order valence-corrected chi connectivity index (χ2v) is 7.73. The molecular weight excluding hydrogens is 344 g/mol. The van der Waals surface area contributed by atoms with E-state index in [0.717, 1.165) is 19.3 Å². The third-order valence-corrected chi connectivity index (χ3v) is 5.19. The molecule has 1 rings (SSSR count). The van der Waals surface area contributed by atoms with Gasteiger partial charge in [0.25, 0.3) is 0 Å². The Morgan fingerprint density at radius 3 is 2.07 bits per heavy atom. The number of aliphatic hydroxyl groups excluding tert-OH is 3. The molecule has 0 unspecified atom stereocenters. The topological polar surface area (TPSA) is 79.2 Å². The Balaban J connectivity index is 1.84. The number of unbranched alkanes of at least 4 members (excludes halogenated alkanes) is 10. The van der Waals surface area contributed by atoms with Crippen LogP contribution in [0.1, 0.15) is 84.0 Å². The van der Waals surface area contributed by atoms with Crippen LogP contribution in [-0.4, -0.2) is 59.6 Å². The summed E-state index contributed by atoms with van der Waals surface area (Å²) >= 11 is 0. The molecule has 0 bridgehead atoms. The number of hydrogen-bond acceptors (Lipinski definition) is 5. The first-order valence-electron chi connectivity index (χ1n) is 11.0. The minimum Gasteiger partial charge on any atom is -0.388 e. The molecule has 5 nitrogen and oxygen atoms in total. The van der Waals surface area contributed by atoms with Gasteiger partial charge in [0.15, 0.2) is 0 Å². The van der Waals surface area contributed by atoms with Crippen LogP contribution in [0.5, 0.6) is 0 Å². The van der Waals surface area contributed by atoms with Gasteiger partial charge >= 0.3 is 0 Å². The molecule has 160 valence electrons. The molecule has 1 fully saturated rings. The van der Waals surface area contributed by atoms with Gasteiger partial charge in [-0.1, -0.05) is 64.0 Å². The zero-order valence-electron chi connectivity index (χ0n) is 17.2. The van der Waals surface area contributed by atoms with Crippen molar-refractivity contribution in [2.45, 2.75) is 108 Å². The maximum Gasteiger partial charge on any atom is 0.111 e. The van der Waals surface area contributed by atoms with Crippen molar-refractivity contribution in [1.82, 2.24) is 0 Å². The zero-order valence-corrected chi connectivity index (χ0v) is 17.2. The van der Waals surface area contributed by atoms with Gasteiger partial charge in [0.05, 0.1) is 13.2 Å². The molecule has 5 heteroatoms. The molecule has 0 aromatic rings. The fourth-order valence-corrected chi connectivity index (χ4v) is 3.31. The molecule has 0 saturated carbocycles. The van der Waals surface area contributed by atoms with E-state index in [4.69, 9.17) is 9.47 Å². The summed E-state index contributed by atoms with van der Waals surface area (Å²) in [6.07, 6.45) is 16.0. The first kappa shape index (κ1) is 24.6. The summed E-state index contributed by atoms with van der Waals surface area (Å²) in [6, 6.07) is 0. The largest absolute Gasteiger partial charge is 0.388 e. The van der Waals surface area contributed by atoms with E-state index in [1.165, 1.54) is 57.8 Å². The van der Waals surface area contributed by atoms with E-state index in [0.29, 0.717) is 6.61 Å². The van der Waals surface area contributed by atoms with Crippen molar-refractivity contribution in [3.05, 3.63) is 12.2 Å². The second-order valence-electron chi connectivity index (χ2n) is 7.73. The first-order valence-corrected chi connectivity index (χ1v) is 11.0. The van der Waals surface area contributed by atoms with Crippen molar-refractivity contribution in [3.63, 3.8) is 0 Å². The van der Waals surface area contributed by atoms with Gasteiger partial charge in [0.2, 0.25) is 0 Å². The monoisotopic (exact) mass is 386 g/mol. The van der Waals surface area contributed by atoms with E-state index in [2.05, 4.69) is 19.1 Å². The highest BCUT2D eigenvalue weighted by molar-refractivity contribution is 4.86. The van der Waals surface area contributed by atoms with E-state index in [1.54, 1.807) is 0 Å². The smallest absolute Gasteiger partial charge is 0.111 e. The Morgan fingerprint density at radius 2 is 1.41 bits per heavy atom. The van der Waals surface area contributed by atoms with E-state index in [1.807, 2.05) is 0 Å². The van der Waals surface area contributed by atoms with Gasteiger partial charge in [-0.2, -0.15) is 0 Å². The Bertz CT molecular complexity index is 361. The van der Waals surface area contributed by atoms with Crippen LogP contribution in [0.2, 0.25) is 0 Å². The highest BCUT2D eigenvalue weighted by atomic mass is 16.6. The summed E-state index contributed by atoms with van der Waals surface area (Å²) in [7, 11) is 0. The molecule has 1 aliphatic rings. The van der Waals surface area contributed by atoms with Gasteiger partial charge < -0.3 is 24.8 Å². The van der Waals surface area contributed by atoms with Gasteiger partial charge in [-0.3, -0.25) is 0 Å². The Morgan fingerprint density at radius 1 is 0.815 bits per heavy atom. The van der Waals surface area contributed by atoms with Crippen molar-refractivity contribution < 1.29 is 24.8 Å². The molecule has 1 heterocycles. The third-order valence-electron chi connectivity index (χ3n) is 5.19. The number of ether oxygens (including phenoxy) is 2. The number of allylic oxidation sites excluding steroid dienone is 2. The summed E-state index contributed by atoms with van der Waals surface area (Å²) in [5.74, 6) is 0. The standard InChI is InChI=1S/C22H42O5/c1-2-3-4-5-6-7-8-9-10-11-12-13-14-15-16-26-18-20-22(25)21(24)19(23)17-27-20/h10-11,19-25H,2-9,12-18H2,1H3/b11-10+/t19-,20+,21+,22+/m0/s1. The predicted octanol–water partition coefficient (Wildman–Crippen LogP) is 3.74. The van der Waals surface area contributed by atoms with Crippen LogP contribution >= 0.6 is 0 Å². The van der Waals surface area contributed by atoms with Crippen LogP contribution in [0.4, 0.5) is 0 Å². The average molecular weight is 387 g/mol. The molecule has 4 atom stereocenters. The fraction of sp³-hybridized carbons (Fsp3) is 0.909. The van der Waals surface area contributed by atoms with Gasteiger partial charge in [-0.05, 0) is 32.1 Å². The molecular formula is C22H42O5. The molecule has 3 N–H and O–H groups in total. The number of rotatable bonds is 16. The summed E-state index contributed by atoms with van der Waals surface area (Å²) in [5.41, 5.74) is 0. The predicted molar refractivity (Wildman–Crippen MR) is 109 cm³/mol. The summed E-state index contributed by atoms with van der Waals surface area (Å²) in [4.78, 5) is 0. The van der Waals surface area contributed by atoms with Crippen molar-refractivity contribution in [2.24, 2.45) is 0 Å². The number of aliphatic hydroxyl groups is 3. The molecule has 0 aliphatic carbocycles. The van der Waals surface area contributed by atoms with Crippen LogP contribution in [0.15, 0.2) is 12.2 Å². The van der Waals surface area contributed by atoms with Crippen LogP contribution in [-0.2, 0) is 9.47 Å². The van der Waals surface area contributed by atoms with Crippen molar-refractivity contribution in [3.8, 4) is 0 Å². The molecule has 1 aliphatic heterocycles. The second kappa shape index (κ2) is 16.5. The van der Waals surface area contributed by atoms with Gasteiger partial charge in [0.1, 0.15) is 24.4 Å². The Labute approximate surface area is 165 Å². The highest BCUT2D eigenvalue weighted by Crippen LogP contribution is 2.16. The normalized spacial score (nSPS) is 26.1. The molecule has 0 amide bonds. The van der Waals surface area contributed by atoms with Crippen molar-refractivity contribution >= 4 is 0 Å². The van der Waals surface area contributed by atoms with E-state index < -0.39 is 24.4 Å². The minimum absolute atomic E-state index is 0.0391. The quantitative estimate of drug-likeness (QED) is 0.278. The molecule has 0 aromatic carbocycles. The van der Waals surface area contributed by atoms with Crippen LogP contribution in [0.25, 0.3) is 0 Å². The average Bonchev–Trinajstić information content (AvgIpc) is 2.67. The first-order chi connectivity index (χ1) is 13.2. The maximum atomic E-state index is 9.81. The lowest BCUT2D eigenvalue weighted by atomic mass is 10.0. The van der Waals surface area contributed by atoms with Gasteiger partial charge in [-0.25, -0.2) is 0 Å². The van der Waals surface area contributed by atoms with Crippen LogP contribution < -0.4 is 0 Å². The van der Waals surface area contributed by atoms with E-state index in [-0.39, 0.29) is 13.2 Å². The zero-order chi connectivity index (χ0) is 19.7. The lowest BCUT2D eigenvalue weighted by Gasteiger charge is -2.35. The lowest BCUT2D eigenvalue weighted by Crippen LogP contribution is -2.54. The maximum absolute atomic E-state index is 9.81. The van der Waals surface area contributed by atoms with Crippen molar-refractivity contribution in [2.75, 3.05) is 19.8 Å². The number of hydrogen-bond donors (Lipinski definition) is 3. The Hall–Kier alpha value is -0.460. The molecule has 0 spiro atoms. The summed E-state index contributed by atoms with van der Waals surface area (Å²) in [5, 5.41) is 28.8. The summed E-state index contributed by atoms with van der Waals surface area (Å²) in [6.45, 7) is 3.18. The molecule has 0 radical (unpaired) electrons. The van der Waals surface area contributed by atoms with Crippen LogP contribution in [0, 0.1) is 0 Å². The molecule has 27 heavy (non-hydrogen) atoms. The minimum atomic E-state index is -1.15. The van der Waals surface area contributed by atoms with Crippen molar-refractivity contribution in [1.29, 1.82) is 0 Å². The van der Waals surface area contributed by atoms with E-state index in [9.17, 15) is 15.3 Å². The third kappa shape index (κ3) is 11.9. The fourth-order valence-electron chi connectivity index (χ4n) is 3.31. The molecule has 0 aromatic heterocycles. The lowest BCUT2D eigenvalue weighted by molar-refractivity contribution is -0.199. The van der Waals surface area contributed by atoms with Crippen LogP contribution in [0.3, 0.4) is 0 Å². The SMILES string of the molecule is CCCCCCCCC/C=C/CCCCCOC[C@H]1OC[C@H](O)[C@@H](O)[C@@H]1O. The summed E-state index contributed by atoms with van der Waals surface area (Å²) < 4.78 is 10.8. The molecule has 1 saturated heterocycles. The van der Waals surface area contributed by atoms with Gasteiger partial charge in [0, 0.05) is 6.61 Å². The highest BCUT2D eigenvalue weighted by Gasteiger charge is 2.37. The van der Waals surface area contributed by atoms with Gasteiger partial charge in [-0.15, -0.1) is 0 Å². The Kier molecular flexibility index (Phi) is 15.0. The van der Waals surface area contributed by atoms with E-state index >= 15 is 0 Å².